The first-order valence-corrected chi connectivity index (χ1v) is 9.31. The Kier molecular flexibility index (Phi) is 4.50. The van der Waals surface area contributed by atoms with Gasteiger partial charge in [0, 0.05) is 30.6 Å². The van der Waals surface area contributed by atoms with E-state index in [9.17, 15) is 18.3 Å². The maximum absolute atomic E-state index is 12.8. The number of benzene rings is 1. The summed E-state index contributed by atoms with van der Waals surface area (Å²) in [5, 5.41) is 15.4. The maximum Gasteiger partial charge on any atom is 0.416 e. The monoisotopic (exact) mass is 381 g/mol. The lowest BCUT2D eigenvalue weighted by atomic mass is 10.1. The van der Waals surface area contributed by atoms with Gasteiger partial charge in [0.2, 0.25) is 0 Å². The molecule has 1 aliphatic rings. The fraction of sp³-hybridized carbons (Fsp3) is 0.389. The number of nitrogens with zero attached hydrogens (tertiary/aromatic N) is 2. The molecule has 1 unspecified atom stereocenters. The number of aromatic nitrogens is 2. The van der Waals surface area contributed by atoms with E-state index in [-0.39, 0.29) is 12.1 Å². The van der Waals surface area contributed by atoms with Gasteiger partial charge >= 0.3 is 6.18 Å². The summed E-state index contributed by atoms with van der Waals surface area (Å²) in [5.41, 5.74) is 1.67. The number of alkyl halides is 3. The Balaban J connectivity index is 1.44. The van der Waals surface area contributed by atoms with E-state index in [0.717, 1.165) is 41.3 Å². The van der Waals surface area contributed by atoms with Gasteiger partial charge in [-0.3, -0.25) is 4.40 Å². The van der Waals surface area contributed by atoms with Crippen LogP contribution >= 0.6 is 11.3 Å². The normalized spacial score (nSPS) is 16.3. The first-order valence-electron chi connectivity index (χ1n) is 8.44. The lowest BCUT2D eigenvalue weighted by molar-refractivity contribution is -0.137. The number of rotatable bonds is 6. The second-order valence-electron chi connectivity index (χ2n) is 6.54. The molecule has 1 aliphatic carbocycles. The summed E-state index contributed by atoms with van der Waals surface area (Å²) >= 11 is 1.58. The van der Waals surface area contributed by atoms with Crippen molar-refractivity contribution >= 4 is 16.3 Å². The molecule has 2 heterocycles. The molecule has 0 aliphatic heterocycles. The zero-order chi connectivity index (χ0) is 18.3. The van der Waals surface area contributed by atoms with Crippen molar-refractivity contribution in [3.05, 3.63) is 58.4 Å². The predicted octanol–water partition coefficient (Wildman–Crippen LogP) is 4.12. The van der Waals surface area contributed by atoms with E-state index >= 15 is 0 Å². The average molecular weight is 381 g/mol. The van der Waals surface area contributed by atoms with Crippen LogP contribution in [-0.4, -0.2) is 21.0 Å². The van der Waals surface area contributed by atoms with Crippen LogP contribution in [0.15, 0.2) is 35.8 Å². The average Bonchev–Trinajstić information content (AvgIpc) is 3.25. The Morgan fingerprint density at radius 1 is 1.35 bits per heavy atom. The molecule has 4 rings (SSSR count). The molecule has 26 heavy (non-hydrogen) atoms. The van der Waals surface area contributed by atoms with Crippen LogP contribution in [0.1, 0.15) is 47.4 Å². The van der Waals surface area contributed by atoms with E-state index < -0.39 is 17.8 Å². The molecular weight excluding hydrogens is 363 g/mol. The summed E-state index contributed by atoms with van der Waals surface area (Å²) in [6, 6.07) is 4.83. The van der Waals surface area contributed by atoms with Crippen molar-refractivity contribution in [2.75, 3.05) is 6.54 Å². The van der Waals surface area contributed by atoms with Gasteiger partial charge in [-0.15, -0.1) is 11.3 Å². The van der Waals surface area contributed by atoms with Crippen LogP contribution in [-0.2, 0) is 12.7 Å². The molecule has 0 bridgehead atoms. The molecule has 1 atom stereocenters. The largest absolute Gasteiger partial charge is 0.416 e. The summed E-state index contributed by atoms with van der Waals surface area (Å²) in [7, 11) is 0. The lowest BCUT2D eigenvalue weighted by Gasteiger charge is -2.15. The number of imidazole rings is 1. The fourth-order valence-corrected chi connectivity index (χ4v) is 3.82. The summed E-state index contributed by atoms with van der Waals surface area (Å²) in [4.78, 5) is 5.63. The van der Waals surface area contributed by atoms with Crippen molar-refractivity contribution in [2.45, 2.75) is 37.6 Å². The fourth-order valence-electron chi connectivity index (χ4n) is 3.08. The Morgan fingerprint density at radius 2 is 2.15 bits per heavy atom. The SMILES string of the molecule is OC(CNCc1c(C2CC2)nc2sccn12)c1cccc(C(F)(F)F)c1. The minimum absolute atomic E-state index is 0.169. The number of aliphatic hydroxyl groups excluding tert-OH is 1. The van der Waals surface area contributed by atoms with Crippen molar-refractivity contribution in [2.24, 2.45) is 0 Å². The Hall–Kier alpha value is -1.90. The molecule has 8 heteroatoms. The molecular formula is C18H18F3N3OS. The third-order valence-corrected chi connectivity index (χ3v) is 5.34. The molecule has 0 saturated heterocycles. The van der Waals surface area contributed by atoms with Crippen molar-refractivity contribution in [1.29, 1.82) is 0 Å². The summed E-state index contributed by atoms with van der Waals surface area (Å²) < 4.78 is 40.5. The van der Waals surface area contributed by atoms with E-state index in [1.807, 2.05) is 16.0 Å². The van der Waals surface area contributed by atoms with E-state index in [4.69, 9.17) is 0 Å². The second kappa shape index (κ2) is 6.68. The van der Waals surface area contributed by atoms with E-state index in [1.165, 1.54) is 12.1 Å². The smallest absolute Gasteiger partial charge is 0.387 e. The van der Waals surface area contributed by atoms with Gasteiger partial charge in [0.05, 0.1) is 23.1 Å². The van der Waals surface area contributed by atoms with Crippen LogP contribution in [0.4, 0.5) is 13.2 Å². The predicted molar refractivity (Wildman–Crippen MR) is 93.2 cm³/mol. The van der Waals surface area contributed by atoms with Crippen molar-refractivity contribution in [3.63, 3.8) is 0 Å². The highest BCUT2D eigenvalue weighted by Gasteiger charge is 2.31. The molecule has 2 aromatic heterocycles. The summed E-state index contributed by atoms with van der Waals surface area (Å²) in [6.07, 6.45) is -1.16. The van der Waals surface area contributed by atoms with Crippen LogP contribution in [0.25, 0.3) is 4.96 Å². The number of halogens is 3. The van der Waals surface area contributed by atoms with Crippen molar-refractivity contribution in [3.8, 4) is 0 Å². The van der Waals surface area contributed by atoms with Gasteiger partial charge in [0.15, 0.2) is 4.96 Å². The minimum Gasteiger partial charge on any atom is -0.387 e. The van der Waals surface area contributed by atoms with Crippen molar-refractivity contribution in [1.82, 2.24) is 14.7 Å². The third kappa shape index (κ3) is 3.49. The summed E-state index contributed by atoms with van der Waals surface area (Å²) in [6.45, 7) is 0.683. The highest BCUT2D eigenvalue weighted by atomic mass is 32.1. The molecule has 138 valence electrons. The second-order valence-corrected chi connectivity index (χ2v) is 7.42. The molecule has 3 aromatic rings. The standard InChI is InChI=1S/C18H18F3N3OS/c19-18(20,21)13-3-1-2-12(8-13)15(25)10-22-9-14-16(11-4-5-11)23-17-24(14)6-7-26-17/h1-3,6-8,11,15,22,25H,4-5,9-10H2. The molecule has 0 radical (unpaired) electrons. The Morgan fingerprint density at radius 3 is 2.88 bits per heavy atom. The van der Waals surface area contributed by atoms with Crippen LogP contribution in [0.5, 0.6) is 0 Å². The minimum atomic E-state index is -4.41. The topological polar surface area (TPSA) is 49.6 Å². The maximum atomic E-state index is 12.8. The quantitative estimate of drug-likeness (QED) is 0.675. The molecule has 2 N–H and O–H groups in total. The van der Waals surface area contributed by atoms with Crippen molar-refractivity contribution < 1.29 is 18.3 Å². The highest BCUT2D eigenvalue weighted by molar-refractivity contribution is 7.15. The number of hydrogen-bond donors (Lipinski definition) is 2. The Bertz CT molecular complexity index is 914. The van der Waals surface area contributed by atoms with Gasteiger partial charge in [-0.05, 0) is 30.5 Å². The molecule has 1 aromatic carbocycles. The van der Waals surface area contributed by atoms with Gasteiger partial charge < -0.3 is 10.4 Å². The first-order chi connectivity index (χ1) is 12.4. The van der Waals surface area contributed by atoms with E-state index in [2.05, 4.69) is 10.3 Å². The third-order valence-electron chi connectivity index (χ3n) is 4.58. The van der Waals surface area contributed by atoms with Gasteiger partial charge in [0.25, 0.3) is 0 Å². The van der Waals surface area contributed by atoms with E-state index in [1.54, 1.807) is 11.3 Å². The molecule has 1 fully saturated rings. The number of nitrogens with one attached hydrogen (secondary N) is 1. The Labute approximate surface area is 152 Å². The highest BCUT2D eigenvalue weighted by Crippen LogP contribution is 2.41. The molecule has 1 saturated carbocycles. The number of hydrogen-bond acceptors (Lipinski definition) is 4. The number of fused-ring (bicyclic) bond motifs is 1. The van der Waals surface area contributed by atoms with Gasteiger partial charge in [-0.1, -0.05) is 12.1 Å². The van der Waals surface area contributed by atoms with E-state index in [0.29, 0.717) is 12.5 Å². The number of aliphatic hydroxyl groups is 1. The van der Waals surface area contributed by atoms with Gasteiger partial charge in [-0.2, -0.15) is 13.2 Å². The zero-order valence-electron chi connectivity index (χ0n) is 13.8. The molecule has 4 nitrogen and oxygen atoms in total. The molecule has 0 spiro atoms. The number of thiazole rings is 1. The van der Waals surface area contributed by atoms with Crippen LogP contribution in [0.2, 0.25) is 0 Å². The van der Waals surface area contributed by atoms with Gasteiger partial charge in [-0.25, -0.2) is 4.98 Å². The van der Waals surface area contributed by atoms with Crippen LogP contribution in [0.3, 0.4) is 0 Å². The van der Waals surface area contributed by atoms with Crippen LogP contribution < -0.4 is 5.32 Å². The lowest BCUT2D eigenvalue weighted by Crippen LogP contribution is -2.22. The van der Waals surface area contributed by atoms with Crippen LogP contribution in [0, 0.1) is 0 Å². The summed E-state index contributed by atoms with van der Waals surface area (Å²) in [5.74, 6) is 0.507. The zero-order valence-corrected chi connectivity index (χ0v) is 14.6. The first kappa shape index (κ1) is 17.5. The van der Waals surface area contributed by atoms with Gasteiger partial charge in [0.1, 0.15) is 0 Å². The molecule has 0 amide bonds.